The summed E-state index contributed by atoms with van der Waals surface area (Å²) in [5.41, 5.74) is 0.240. The molecule has 1 aromatic heterocycles. The van der Waals surface area contributed by atoms with Gasteiger partial charge in [-0.15, -0.1) is 0 Å². The minimum atomic E-state index is -1.29. The number of anilines is 1. The van der Waals surface area contributed by atoms with Gasteiger partial charge in [-0.05, 0) is 34.5 Å². The molecule has 0 radical (unpaired) electrons. The van der Waals surface area contributed by atoms with Crippen LogP contribution in [0, 0.1) is 5.82 Å². The minimum Gasteiger partial charge on any atom is -0.478 e. The second-order valence-electron chi connectivity index (χ2n) is 3.82. The van der Waals surface area contributed by atoms with E-state index in [4.69, 9.17) is 5.11 Å². The van der Waals surface area contributed by atoms with Crippen molar-refractivity contribution < 1.29 is 19.1 Å². The number of amides is 1. The van der Waals surface area contributed by atoms with Crippen molar-refractivity contribution in [2.45, 2.75) is 6.42 Å². The van der Waals surface area contributed by atoms with E-state index in [0.29, 0.717) is 0 Å². The number of carbonyl (C=O) groups excluding carboxylic acids is 1. The third-order valence-corrected chi connectivity index (χ3v) is 3.19. The maximum Gasteiger partial charge on any atom is 0.337 e. The predicted octanol–water partition coefficient (Wildman–Crippen LogP) is 2.77. The Morgan fingerprint density at radius 1 is 1.32 bits per heavy atom. The number of carbonyl (C=O) groups is 2. The first-order valence-electron chi connectivity index (χ1n) is 5.40. The van der Waals surface area contributed by atoms with Crippen LogP contribution in [0.15, 0.2) is 35.0 Å². The number of hydrogen-bond donors (Lipinski definition) is 2. The summed E-state index contributed by atoms with van der Waals surface area (Å²) in [6, 6.07) is 5.41. The van der Waals surface area contributed by atoms with Crippen LogP contribution >= 0.6 is 11.3 Å². The van der Waals surface area contributed by atoms with Gasteiger partial charge in [-0.1, -0.05) is 6.07 Å². The van der Waals surface area contributed by atoms with Crippen LogP contribution in [-0.4, -0.2) is 17.0 Å². The van der Waals surface area contributed by atoms with Gasteiger partial charge in [0.05, 0.1) is 17.7 Å². The molecule has 1 amide bonds. The number of rotatable bonds is 4. The summed E-state index contributed by atoms with van der Waals surface area (Å²) in [7, 11) is 0. The molecule has 0 aliphatic heterocycles. The second-order valence-corrected chi connectivity index (χ2v) is 4.60. The zero-order valence-corrected chi connectivity index (χ0v) is 10.5. The van der Waals surface area contributed by atoms with Gasteiger partial charge in [-0.3, -0.25) is 4.79 Å². The lowest BCUT2D eigenvalue weighted by atomic mass is 10.1. The van der Waals surface area contributed by atoms with E-state index in [1.807, 2.05) is 5.38 Å². The molecule has 1 heterocycles. The molecule has 2 aromatic rings. The summed E-state index contributed by atoms with van der Waals surface area (Å²) in [6.07, 6.45) is 0.0803. The lowest BCUT2D eigenvalue weighted by Gasteiger charge is -2.09. The van der Waals surface area contributed by atoms with Crippen LogP contribution in [0.3, 0.4) is 0 Å². The summed E-state index contributed by atoms with van der Waals surface area (Å²) < 4.78 is 13.6. The third kappa shape index (κ3) is 3.17. The van der Waals surface area contributed by atoms with Crippen LogP contribution in [0.4, 0.5) is 10.1 Å². The summed E-state index contributed by atoms with van der Waals surface area (Å²) in [6.45, 7) is 0. The second kappa shape index (κ2) is 5.62. The standard InChI is InChI=1S/C13H10FNO3S/c14-10-3-1-2-9(13(17)18)12(10)15-11(16)6-8-4-5-19-7-8/h1-5,7H,6H2,(H,15,16)(H,17,18). The summed E-state index contributed by atoms with van der Waals surface area (Å²) in [5, 5.41) is 14.9. The van der Waals surface area contributed by atoms with Gasteiger partial charge in [-0.2, -0.15) is 11.3 Å². The quantitative estimate of drug-likeness (QED) is 0.904. The Morgan fingerprint density at radius 2 is 2.11 bits per heavy atom. The molecule has 19 heavy (non-hydrogen) atoms. The Balaban J connectivity index is 2.19. The van der Waals surface area contributed by atoms with Crippen molar-refractivity contribution in [2.24, 2.45) is 0 Å². The molecular weight excluding hydrogens is 269 g/mol. The number of carboxylic acids is 1. The van der Waals surface area contributed by atoms with Crippen LogP contribution in [0.2, 0.25) is 0 Å². The Hall–Kier alpha value is -2.21. The Kier molecular flexibility index (Phi) is 3.91. The van der Waals surface area contributed by atoms with Crippen molar-refractivity contribution in [1.82, 2.24) is 0 Å². The number of aromatic carboxylic acids is 1. The molecule has 4 nitrogen and oxygen atoms in total. The van der Waals surface area contributed by atoms with Crippen molar-refractivity contribution in [2.75, 3.05) is 5.32 Å². The molecule has 98 valence electrons. The molecule has 2 rings (SSSR count). The number of nitrogens with one attached hydrogen (secondary N) is 1. The zero-order chi connectivity index (χ0) is 13.8. The molecule has 0 aliphatic rings. The molecule has 0 aliphatic carbocycles. The Morgan fingerprint density at radius 3 is 2.74 bits per heavy atom. The molecule has 1 aromatic carbocycles. The number of carboxylic acid groups (broad SMARTS) is 1. The number of thiophene rings is 1. The van der Waals surface area contributed by atoms with Gasteiger partial charge in [-0.25, -0.2) is 9.18 Å². The molecule has 0 spiro atoms. The molecule has 0 bridgehead atoms. The summed E-state index contributed by atoms with van der Waals surface area (Å²) in [4.78, 5) is 22.7. The van der Waals surface area contributed by atoms with Gasteiger partial charge in [0, 0.05) is 0 Å². The molecule has 0 atom stereocenters. The highest BCUT2D eigenvalue weighted by Crippen LogP contribution is 2.20. The highest BCUT2D eigenvalue weighted by atomic mass is 32.1. The van der Waals surface area contributed by atoms with E-state index in [1.165, 1.54) is 23.5 Å². The summed E-state index contributed by atoms with van der Waals surface area (Å²) >= 11 is 1.45. The Bertz CT molecular complexity index is 610. The van der Waals surface area contributed by atoms with E-state index in [2.05, 4.69) is 5.32 Å². The normalized spacial score (nSPS) is 10.2. The number of benzene rings is 1. The lowest BCUT2D eigenvalue weighted by molar-refractivity contribution is -0.115. The van der Waals surface area contributed by atoms with E-state index >= 15 is 0 Å². The zero-order valence-electron chi connectivity index (χ0n) is 9.72. The van der Waals surface area contributed by atoms with E-state index in [1.54, 1.807) is 11.4 Å². The van der Waals surface area contributed by atoms with Crippen molar-refractivity contribution in [3.8, 4) is 0 Å². The van der Waals surface area contributed by atoms with Crippen molar-refractivity contribution in [3.63, 3.8) is 0 Å². The van der Waals surface area contributed by atoms with Gasteiger partial charge in [0.2, 0.25) is 5.91 Å². The first-order valence-corrected chi connectivity index (χ1v) is 6.35. The highest BCUT2D eigenvalue weighted by molar-refractivity contribution is 7.08. The average molecular weight is 279 g/mol. The van der Waals surface area contributed by atoms with Gasteiger partial charge in [0.25, 0.3) is 0 Å². The van der Waals surface area contributed by atoms with Gasteiger partial charge in [0.1, 0.15) is 5.82 Å². The smallest absolute Gasteiger partial charge is 0.337 e. The fourth-order valence-electron chi connectivity index (χ4n) is 1.59. The highest BCUT2D eigenvalue weighted by Gasteiger charge is 2.16. The van der Waals surface area contributed by atoms with Crippen LogP contribution in [0.5, 0.6) is 0 Å². The first-order chi connectivity index (χ1) is 9.08. The largest absolute Gasteiger partial charge is 0.478 e. The lowest BCUT2D eigenvalue weighted by Crippen LogP contribution is -2.17. The van der Waals surface area contributed by atoms with Gasteiger partial charge < -0.3 is 10.4 Å². The minimum absolute atomic E-state index is 0.0803. The van der Waals surface area contributed by atoms with Crippen LogP contribution in [0.25, 0.3) is 0 Å². The van der Waals surface area contributed by atoms with E-state index in [-0.39, 0.29) is 17.7 Å². The van der Waals surface area contributed by atoms with Crippen molar-refractivity contribution >= 4 is 28.9 Å². The average Bonchev–Trinajstić information content (AvgIpc) is 2.84. The fraction of sp³-hybridized carbons (Fsp3) is 0.0769. The van der Waals surface area contributed by atoms with Gasteiger partial charge in [0.15, 0.2) is 0 Å². The maximum absolute atomic E-state index is 13.6. The molecule has 6 heteroatoms. The molecule has 0 saturated carbocycles. The van der Waals surface area contributed by atoms with E-state index in [9.17, 15) is 14.0 Å². The SMILES string of the molecule is O=C(Cc1ccsc1)Nc1c(F)cccc1C(=O)O. The molecule has 0 fully saturated rings. The molecule has 0 unspecified atom stereocenters. The molecule has 2 N–H and O–H groups in total. The first kappa shape index (κ1) is 13.2. The topological polar surface area (TPSA) is 66.4 Å². The summed E-state index contributed by atoms with van der Waals surface area (Å²) in [5.74, 6) is -2.50. The monoisotopic (exact) mass is 279 g/mol. The van der Waals surface area contributed by atoms with Crippen LogP contribution in [0.1, 0.15) is 15.9 Å². The van der Waals surface area contributed by atoms with E-state index < -0.39 is 17.7 Å². The van der Waals surface area contributed by atoms with Crippen LogP contribution < -0.4 is 5.32 Å². The molecule has 0 saturated heterocycles. The van der Waals surface area contributed by atoms with Crippen molar-refractivity contribution in [3.05, 3.63) is 52.0 Å². The third-order valence-electron chi connectivity index (χ3n) is 2.45. The Labute approximate surface area is 112 Å². The van der Waals surface area contributed by atoms with Crippen molar-refractivity contribution in [1.29, 1.82) is 0 Å². The number of halogens is 1. The number of hydrogen-bond acceptors (Lipinski definition) is 3. The van der Waals surface area contributed by atoms with Crippen LogP contribution in [-0.2, 0) is 11.2 Å². The number of para-hydroxylation sites is 1. The maximum atomic E-state index is 13.6. The fourth-order valence-corrected chi connectivity index (χ4v) is 2.26. The van der Waals surface area contributed by atoms with Gasteiger partial charge >= 0.3 is 5.97 Å². The predicted molar refractivity (Wildman–Crippen MR) is 70.0 cm³/mol. The molecular formula is C13H10FNO3S. The van der Waals surface area contributed by atoms with E-state index in [0.717, 1.165) is 11.6 Å².